The minimum absolute atomic E-state index is 0.0143. The van der Waals surface area contributed by atoms with Gasteiger partial charge in [0.05, 0.1) is 21.8 Å². The first-order chi connectivity index (χ1) is 18.3. The minimum atomic E-state index is -3.89. The van der Waals surface area contributed by atoms with Gasteiger partial charge in [0.25, 0.3) is 15.9 Å². The molecule has 194 valence electrons. The molecule has 0 spiro atoms. The normalized spacial score (nSPS) is 13.0. The molecule has 10 heteroatoms. The van der Waals surface area contributed by atoms with Crippen LogP contribution in [0.4, 0.5) is 10.8 Å². The summed E-state index contributed by atoms with van der Waals surface area (Å²) >= 11 is 1.27. The van der Waals surface area contributed by atoms with Crippen molar-refractivity contribution in [2.75, 3.05) is 22.8 Å². The second kappa shape index (κ2) is 10.8. The molecule has 2 heterocycles. The van der Waals surface area contributed by atoms with Crippen LogP contribution in [-0.4, -0.2) is 38.4 Å². The molecule has 1 aliphatic heterocycles. The Morgan fingerprint density at radius 2 is 1.84 bits per heavy atom. The van der Waals surface area contributed by atoms with Gasteiger partial charge in [0.15, 0.2) is 11.7 Å². The molecule has 8 nitrogen and oxygen atoms in total. The van der Waals surface area contributed by atoms with Gasteiger partial charge in [0.2, 0.25) is 0 Å². The molecule has 5 rings (SSSR count). The van der Waals surface area contributed by atoms with Crippen molar-refractivity contribution in [3.8, 4) is 11.3 Å². The fourth-order valence-corrected chi connectivity index (χ4v) is 6.54. The van der Waals surface area contributed by atoms with Crippen LogP contribution in [-0.2, 0) is 26.0 Å². The maximum Gasteiger partial charge on any atom is 0.338 e. The summed E-state index contributed by atoms with van der Waals surface area (Å²) in [6.45, 7) is 1.83. The number of nitrogens with zero attached hydrogens (tertiary/aromatic N) is 2. The maximum absolute atomic E-state index is 13.4. The van der Waals surface area contributed by atoms with Gasteiger partial charge < -0.3 is 4.74 Å². The summed E-state index contributed by atoms with van der Waals surface area (Å²) in [4.78, 5) is 29.4. The SMILES string of the molecule is Cc1ccc(-c2csc(NC(=O)COC(=O)c3cccc(S(=O)(=O)N4CCCc5ccccc54)c3)n2)cc1. The van der Waals surface area contributed by atoms with Crippen molar-refractivity contribution in [2.45, 2.75) is 24.7 Å². The number of aryl methyl sites for hydroxylation is 2. The molecule has 1 amide bonds. The number of amides is 1. The van der Waals surface area contributed by atoms with Crippen molar-refractivity contribution in [2.24, 2.45) is 0 Å². The van der Waals surface area contributed by atoms with Gasteiger partial charge in [-0.3, -0.25) is 14.4 Å². The van der Waals surface area contributed by atoms with E-state index in [-0.39, 0.29) is 10.5 Å². The molecule has 0 unspecified atom stereocenters. The molecule has 4 aromatic rings. The van der Waals surface area contributed by atoms with Gasteiger partial charge in [0, 0.05) is 17.5 Å². The smallest absolute Gasteiger partial charge is 0.338 e. The van der Waals surface area contributed by atoms with Gasteiger partial charge in [-0.15, -0.1) is 11.3 Å². The Hall–Kier alpha value is -4.02. The van der Waals surface area contributed by atoms with Crippen molar-refractivity contribution in [3.63, 3.8) is 0 Å². The lowest BCUT2D eigenvalue weighted by Gasteiger charge is -2.30. The van der Waals surface area contributed by atoms with E-state index in [1.54, 1.807) is 12.1 Å². The summed E-state index contributed by atoms with van der Waals surface area (Å²) in [6.07, 6.45) is 1.52. The predicted molar refractivity (Wildman–Crippen MR) is 147 cm³/mol. The number of esters is 1. The van der Waals surface area contributed by atoms with Crippen LogP contribution in [0.2, 0.25) is 0 Å². The number of para-hydroxylation sites is 1. The number of hydrogen-bond donors (Lipinski definition) is 1. The van der Waals surface area contributed by atoms with Crippen LogP contribution >= 0.6 is 11.3 Å². The Balaban J connectivity index is 1.22. The second-order valence-electron chi connectivity index (χ2n) is 8.87. The molecule has 0 fully saturated rings. The molecular formula is C28H25N3O5S2. The zero-order valence-corrected chi connectivity index (χ0v) is 22.2. The molecule has 0 bridgehead atoms. The topological polar surface area (TPSA) is 106 Å². The molecule has 0 aliphatic carbocycles. The van der Waals surface area contributed by atoms with Gasteiger partial charge >= 0.3 is 5.97 Å². The molecule has 1 aromatic heterocycles. The first-order valence-corrected chi connectivity index (χ1v) is 14.3. The van der Waals surface area contributed by atoms with Crippen LogP contribution in [0.1, 0.15) is 27.9 Å². The molecule has 1 N–H and O–H groups in total. The summed E-state index contributed by atoms with van der Waals surface area (Å²) in [5.74, 6) is -1.34. The highest BCUT2D eigenvalue weighted by Crippen LogP contribution is 2.32. The van der Waals surface area contributed by atoms with Gasteiger partial charge in [-0.05, 0) is 49.6 Å². The van der Waals surface area contributed by atoms with Crippen molar-refractivity contribution in [1.29, 1.82) is 0 Å². The third-order valence-corrected chi connectivity index (χ3v) is 8.72. The van der Waals surface area contributed by atoms with E-state index in [2.05, 4.69) is 10.3 Å². The minimum Gasteiger partial charge on any atom is -0.452 e. The average Bonchev–Trinajstić information content (AvgIpc) is 3.40. The highest BCUT2D eigenvalue weighted by molar-refractivity contribution is 7.92. The standard InChI is InChI=1S/C28H25N3O5S2/c1-19-11-13-20(14-12-19)24-18-37-28(29-24)30-26(32)17-36-27(33)22-7-4-9-23(16-22)38(34,35)31-15-5-8-21-6-2-3-10-25(21)31/h2-4,6-7,9-14,16,18H,5,8,15,17H2,1H3,(H,29,30,32). The maximum atomic E-state index is 13.4. The lowest BCUT2D eigenvalue weighted by Crippen LogP contribution is -2.35. The van der Waals surface area contributed by atoms with E-state index < -0.39 is 28.5 Å². The largest absolute Gasteiger partial charge is 0.452 e. The summed E-state index contributed by atoms with van der Waals surface area (Å²) in [5, 5.41) is 4.85. The number of aromatic nitrogens is 1. The number of carbonyl (C=O) groups excluding carboxylic acids is 2. The van der Waals surface area contributed by atoms with Crippen molar-refractivity contribution in [1.82, 2.24) is 4.98 Å². The number of fused-ring (bicyclic) bond motifs is 1. The quantitative estimate of drug-likeness (QED) is 0.325. The number of carbonyl (C=O) groups is 2. The van der Waals surface area contributed by atoms with Crippen LogP contribution < -0.4 is 9.62 Å². The van der Waals surface area contributed by atoms with Crippen LogP contribution in [0.25, 0.3) is 11.3 Å². The zero-order chi connectivity index (χ0) is 26.7. The van der Waals surface area contributed by atoms with Crippen molar-refractivity contribution in [3.05, 3.63) is 94.9 Å². The molecule has 1 aliphatic rings. The third kappa shape index (κ3) is 5.46. The Labute approximate surface area is 225 Å². The number of hydrogen-bond acceptors (Lipinski definition) is 7. The lowest BCUT2D eigenvalue weighted by molar-refractivity contribution is -0.119. The number of ether oxygens (including phenoxy) is 1. The highest BCUT2D eigenvalue weighted by Gasteiger charge is 2.29. The summed E-state index contributed by atoms with van der Waals surface area (Å²) in [6, 6.07) is 21.0. The van der Waals surface area contributed by atoms with Crippen LogP contribution in [0.3, 0.4) is 0 Å². The van der Waals surface area contributed by atoms with E-state index in [9.17, 15) is 18.0 Å². The molecule has 0 saturated heterocycles. The fourth-order valence-electron chi connectivity index (χ4n) is 4.22. The zero-order valence-electron chi connectivity index (χ0n) is 20.6. The number of anilines is 2. The molecular weight excluding hydrogens is 522 g/mol. The van der Waals surface area contributed by atoms with E-state index in [0.29, 0.717) is 23.8 Å². The second-order valence-corrected chi connectivity index (χ2v) is 11.6. The van der Waals surface area contributed by atoms with Crippen LogP contribution in [0.15, 0.2) is 83.1 Å². The summed E-state index contributed by atoms with van der Waals surface area (Å²) < 4.78 is 33.4. The molecule has 0 atom stereocenters. The van der Waals surface area contributed by atoms with E-state index in [0.717, 1.165) is 28.8 Å². The van der Waals surface area contributed by atoms with Gasteiger partial charge in [-0.2, -0.15) is 0 Å². The third-order valence-electron chi connectivity index (χ3n) is 6.16. The van der Waals surface area contributed by atoms with Crippen LogP contribution in [0, 0.1) is 6.92 Å². The fraction of sp³-hybridized carbons (Fsp3) is 0.179. The van der Waals surface area contributed by atoms with Crippen LogP contribution in [0.5, 0.6) is 0 Å². The molecule has 0 radical (unpaired) electrons. The first kappa shape index (κ1) is 25.6. The summed E-state index contributed by atoms with van der Waals surface area (Å²) in [5.41, 5.74) is 4.46. The van der Waals surface area contributed by atoms with E-state index >= 15 is 0 Å². The molecule has 3 aromatic carbocycles. The monoisotopic (exact) mass is 547 g/mol. The van der Waals surface area contributed by atoms with Gasteiger partial charge in [0.1, 0.15) is 0 Å². The van der Waals surface area contributed by atoms with Gasteiger partial charge in [-0.25, -0.2) is 18.2 Å². The number of benzene rings is 3. The van der Waals surface area contributed by atoms with E-state index in [1.807, 2.05) is 48.7 Å². The first-order valence-electron chi connectivity index (χ1n) is 12.0. The van der Waals surface area contributed by atoms with E-state index in [1.165, 1.54) is 39.9 Å². The van der Waals surface area contributed by atoms with Crippen molar-refractivity contribution < 1.29 is 22.7 Å². The Bertz CT molecular complexity index is 1600. The Morgan fingerprint density at radius 3 is 2.66 bits per heavy atom. The Kier molecular flexibility index (Phi) is 7.26. The summed E-state index contributed by atoms with van der Waals surface area (Å²) in [7, 11) is -3.89. The predicted octanol–water partition coefficient (Wildman–Crippen LogP) is 5.06. The molecule has 38 heavy (non-hydrogen) atoms. The number of nitrogens with one attached hydrogen (secondary N) is 1. The van der Waals surface area contributed by atoms with E-state index in [4.69, 9.17) is 4.74 Å². The highest BCUT2D eigenvalue weighted by atomic mass is 32.2. The number of thiazole rings is 1. The van der Waals surface area contributed by atoms with Crippen molar-refractivity contribution >= 4 is 44.1 Å². The number of rotatable bonds is 7. The van der Waals surface area contributed by atoms with Gasteiger partial charge in [-0.1, -0.05) is 54.1 Å². The average molecular weight is 548 g/mol. The molecule has 0 saturated carbocycles. The number of sulfonamides is 1. The Morgan fingerprint density at radius 1 is 1.05 bits per heavy atom. The lowest BCUT2D eigenvalue weighted by atomic mass is 10.0.